The average molecular weight is 515 g/mol. The number of benzene rings is 1. The lowest BCUT2D eigenvalue weighted by atomic mass is 10.0. The summed E-state index contributed by atoms with van der Waals surface area (Å²) in [6, 6.07) is 6.47. The van der Waals surface area contributed by atoms with E-state index in [0.717, 1.165) is 0 Å². The lowest BCUT2D eigenvalue weighted by Crippen LogP contribution is -2.35. The van der Waals surface area contributed by atoms with Gasteiger partial charge in [-0.2, -0.15) is 0 Å². The van der Waals surface area contributed by atoms with Gasteiger partial charge in [-0.1, -0.05) is 32.0 Å². The Morgan fingerprint density at radius 1 is 1.08 bits per heavy atom. The monoisotopic (exact) mass is 514 g/mol. The largest absolute Gasteiger partial charge is 0.480 e. The van der Waals surface area contributed by atoms with Crippen molar-refractivity contribution in [1.82, 2.24) is 15.0 Å². The van der Waals surface area contributed by atoms with Crippen LogP contribution in [0, 0.1) is 11.7 Å². The molecule has 1 aliphatic heterocycles. The predicted molar refractivity (Wildman–Crippen MR) is 131 cm³/mol. The Labute approximate surface area is 210 Å². The zero-order valence-electron chi connectivity index (χ0n) is 20.1. The number of amides is 1. The van der Waals surface area contributed by atoms with Gasteiger partial charge in [0, 0.05) is 42.7 Å². The van der Waals surface area contributed by atoms with Gasteiger partial charge in [-0.05, 0) is 18.1 Å². The molecule has 3 N–H and O–H groups in total. The summed E-state index contributed by atoms with van der Waals surface area (Å²) in [6.45, 7) is 2.87. The number of rotatable bonds is 8. The second-order valence-electron chi connectivity index (χ2n) is 9.02. The van der Waals surface area contributed by atoms with E-state index in [1.165, 1.54) is 47.8 Å². The topological polar surface area (TPSA) is 120 Å². The molecule has 0 aliphatic carbocycles. The number of aromatic nitrogens is 3. The van der Waals surface area contributed by atoms with Gasteiger partial charge in [-0.25, -0.2) is 32.9 Å². The summed E-state index contributed by atoms with van der Waals surface area (Å²) in [5.41, 5.74) is 0.523. The van der Waals surface area contributed by atoms with Crippen molar-refractivity contribution in [2.75, 3.05) is 28.6 Å². The maximum absolute atomic E-state index is 14.7. The SMILES string of the molecule is CC(C)[C@H](Nc1ncc(C(=O)Nc2c(-c3ccccc3F)ccnc2N2CCC(F)(F)C2)cn1)C(=O)O. The van der Waals surface area contributed by atoms with Crippen LogP contribution in [0.5, 0.6) is 0 Å². The van der Waals surface area contributed by atoms with E-state index in [0.29, 0.717) is 0 Å². The lowest BCUT2D eigenvalue weighted by Gasteiger charge is -2.23. The molecule has 4 rings (SSSR count). The molecule has 1 saturated heterocycles. The summed E-state index contributed by atoms with van der Waals surface area (Å²) in [4.78, 5) is 38.2. The molecule has 1 fully saturated rings. The smallest absolute Gasteiger partial charge is 0.326 e. The molecular formula is C25H25F3N6O3. The number of hydrogen-bond acceptors (Lipinski definition) is 7. The number of carboxylic acid groups (broad SMARTS) is 1. The molecule has 9 nitrogen and oxygen atoms in total. The molecule has 0 spiro atoms. The molecule has 37 heavy (non-hydrogen) atoms. The van der Waals surface area contributed by atoms with Crippen LogP contribution in [0.25, 0.3) is 11.1 Å². The molecule has 2 aromatic heterocycles. The average Bonchev–Trinajstić information content (AvgIpc) is 3.22. The molecule has 3 heterocycles. The fourth-order valence-electron chi connectivity index (χ4n) is 3.99. The second-order valence-corrected chi connectivity index (χ2v) is 9.02. The number of anilines is 3. The van der Waals surface area contributed by atoms with Gasteiger partial charge >= 0.3 is 5.97 Å². The van der Waals surface area contributed by atoms with Crippen molar-refractivity contribution in [3.63, 3.8) is 0 Å². The van der Waals surface area contributed by atoms with Gasteiger partial charge in [0.05, 0.1) is 17.8 Å². The van der Waals surface area contributed by atoms with Crippen LogP contribution in [0.2, 0.25) is 0 Å². The third kappa shape index (κ3) is 5.79. The van der Waals surface area contributed by atoms with E-state index in [1.807, 2.05) is 0 Å². The van der Waals surface area contributed by atoms with Crippen LogP contribution in [0.1, 0.15) is 30.6 Å². The third-order valence-electron chi connectivity index (χ3n) is 5.93. The Bertz CT molecular complexity index is 1300. The first-order valence-electron chi connectivity index (χ1n) is 11.5. The number of carbonyl (C=O) groups is 2. The number of nitrogens with zero attached hydrogens (tertiary/aromatic N) is 4. The van der Waals surface area contributed by atoms with Crippen LogP contribution in [0.15, 0.2) is 48.9 Å². The molecule has 0 bridgehead atoms. The number of pyridine rings is 1. The van der Waals surface area contributed by atoms with Gasteiger partial charge in [-0.3, -0.25) is 4.79 Å². The first-order valence-corrected chi connectivity index (χ1v) is 11.5. The number of hydrogen-bond donors (Lipinski definition) is 3. The summed E-state index contributed by atoms with van der Waals surface area (Å²) in [5, 5.41) is 14.7. The molecule has 0 radical (unpaired) electrons. The van der Waals surface area contributed by atoms with E-state index in [4.69, 9.17) is 0 Å². The van der Waals surface area contributed by atoms with Crippen LogP contribution >= 0.6 is 0 Å². The van der Waals surface area contributed by atoms with Gasteiger partial charge in [0.25, 0.3) is 11.8 Å². The first-order chi connectivity index (χ1) is 17.6. The van der Waals surface area contributed by atoms with Crippen molar-refractivity contribution >= 4 is 29.3 Å². The van der Waals surface area contributed by atoms with Crippen LogP contribution in [-0.2, 0) is 4.79 Å². The Morgan fingerprint density at radius 3 is 2.38 bits per heavy atom. The van der Waals surface area contributed by atoms with Crippen LogP contribution in [0.3, 0.4) is 0 Å². The number of carbonyl (C=O) groups excluding carboxylic acids is 1. The Morgan fingerprint density at radius 2 is 1.78 bits per heavy atom. The molecule has 1 atom stereocenters. The second kappa shape index (κ2) is 10.4. The molecule has 1 amide bonds. The molecular weight excluding hydrogens is 489 g/mol. The summed E-state index contributed by atoms with van der Waals surface area (Å²) < 4.78 is 42.6. The van der Waals surface area contributed by atoms with E-state index in [-0.39, 0.29) is 53.0 Å². The van der Waals surface area contributed by atoms with Gasteiger partial charge < -0.3 is 20.6 Å². The van der Waals surface area contributed by atoms with E-state index < -0.39 is 36.2 Å². The number of aliphatic carboxylic acids is 1. The van der Waals surface area contributed by atoms with Gasteiger partial charge in [0.1, 0.15) is 11.9 Å². The van der Waals surface area contributed by atoms with E-state index in [9.17, 15) is 27.9 Å². The molecule has 12 heteroatoms. The number of nitrogens with one attached hydrogen (secondary N) is 2. The zero-order valence-corrected chi connectivity index (χ0v) is 20.1. The minimum atomic E-state index is -2.92. The van der Waals surface area contributed by atoms with Crippen molar-refractivity contribution in [2.24, 2.45) is 5.92 Å². The number of alkyl halides is 2. The highest BCUT2D eigenvalue weighted by atomic mass is 19.3. The van der Waals surface area contributed by atoms with Crippen molar-refractivity contribution in [2.45, 2.75) is 32.2 Å². The van der Waals surface area contributed by atoms with E-state index in [2.05, 4.69) is 25.6 Å². The number of halogens is 3. The quantitative estimate of drug-likeness (QED) is 0.407. The Hall–Kier alpha value is -4.22. The first kappa shape index (κ1) is 25.9. The molecule has 0 unspecified atom stereocenters. The fraction of sp³-hybridized carbons (Fsp3) is 0.320. The molecule has 3 aromatic rings. The van der Waals surface area contributed by atoms with E-state index >= 15 is 0 Å². The van der Waals surface area contributed by atoms with Crippen molar-refractivity contribution < 1.29 is 27.9 Å². The van der Waals surface area contributed by atoms with Crippen molar-refractivity contribution in [3.05, 3.63) is 60.3 Å². The summed E-state index contributed by atoms with van der Waals surface area (Å²) in [5.74, 6) is -5.36. The predicted octanol–water partition coefficient (Wildman–Crippen LogP) is 4.30. The highest BCUT2D eigenvalue weighted by molar-refractivity contribution is 6.08. The highest BCUT2D eigenvalue weighted by Gasteiger charge is 2.40. The van der Waals surface area contributed by atoms with Crippen LogP contribution < -0.4 is 15.5 Å². The van der Waals surface area contributed by atoms with E-state index in [1.54, 1.807) is 19.9 Å². The highest BCUT2D eigenvalue weighted by Crippen LogP contribution is 2.39. The Kier molecular flexibility index (Phi) is 7.28. The van der Waals surface area contributed by atoms with Crippen LogP contribution in [-0.4, -0.2) is 57.0 Å². The third-order valence-corrected chi connectivity index (χ3v) is 5.93. The minimum absolute atomic E-state index is 0.00761. The standard InChI is InChI=1S/C25H25F3N6O3/c1-14(2)19(23(36)37)33-24-30-11-15(12-31-24)22(35)32-20-17(16-5-3-4-6-18(16)26)7-9-29-21(20)34-10-8-25(27,28)13-34/h3-7,9,11-12,14,19H,8,10,13H2,1-2H3,(H,32,35)(H,36,37)(H,30,31,33)/t19-/m0/s1. The minimum Gasteiger partial charge on any atom is -0.480 e. The normalized spacial score (nSPS) is 15.5. The maximum atomic E-state index is 14.7. The molecule has 194 valence electrons. The van der Waals surface area contributed by atoms with Crippen molar-refractivity contribution in [3.8, 4) is 11.1 Å². The summed E-state index contributed by atoms with van der Waals surface area (Å²) >= 11 is 0. The fourth-order valence-corrected chi connectivity index (χ4v) is 3.99. The van der Waals surface area contributed by atoms with Gasteiger partial charge in [0.15, 0.2) is 5.82 Å². The zero-order chi connectivity index (χ0) is 26.7. The Balaban J connectivity index is 1.66. The lowest BCUT2D eigenvalue weighted by molar-refractivity contribution is -0.138. The summed E-state index contributed by atoms with van der Waals surface area (Å²) in [7, 11) is 0. The van der Waals surface area contributed by atoms with Gasteiger partial charge in [0.2, 0.25) is 5.95 Å². The molecule has 1 aliphatic rings. The number of carboxylic acids is 1. The van der Waals surface area contributed by atoms with Crippen molar-refractivity contribution in [1.29, 1.82) is 0 Å². The van der Waals surface area contributed by atoms with Gasteiger partial charge in [-0.15, -0.1) is 0 Å². The summed E-state index contributed by atoms with van der Waals surface area (Å²) in [6.07, 6.45) is 3.40. The molecule has 1 aromatic carbocycles. The van der Waals surface area contributed by atoms with Crippen LogP contribution in [0.4, 0.5) is 30.6 Å². The maximum Gasteiger partial charge on any atom is 0.326 e. The molecule has 0 saturated carbocycles.